The lowest BCUT2D eigenvalue weighted by molar-refractivity contribution is -0.384. The van der Waals surface area contributed by atoms with Crippen LogP contribution in [0.2, 0.25) is 0 Å². The van der Waals surface area contributed by atoms with Crippen LogP contribution in [0.15, 0.2) is 48.5 Å². The molecule has 2 amide bonds. The van der Waals surface area contributed by atoms with Crippen LogP contribution >= 0.6 is 0 Å². The second-order valence-corrected chi connectivity index (χ2v) is 9.39. The lowest BCUT2D eigenvalue weighted by atomic mass is 10.1. The van der Waals surface area contributed by atoms with E-state index in [1.54, 1.807) is 38.1 Å². The average Bonchev–Trinajstić information content (AvgIpc) is 2.80. The van der Waals surface area contributed by atoms with Crippen LogP contribution in [0.1, 0.15) is 19.4 Å². The summed E-state index contributed by atoms with van der Waals surface area (Å²) in [4.78, 5) is 37.6. The average molecular weight is 493 g/mol. The zero-order valence-electron chi connectivity index (χ0n) is 19.4. The molecule has 2 aromatic carbocycles. The number of hydrogen-bond acceptors (Lipinski definition) is 7. The number of nitrogens with one attached hydrogen (secondary N) is 1. The van der Waals surface area contributed by atoms with Gasteiger partial charge in [-0.05, 0) is 37.6 Å². The second-order valence-electron chi connectivity index (χ2n) is 7.49. The van der Waals surface area contributed by atoms with Crippen LogP contribution in [0, 0.1) is 10.1 Å². The summed E-state index contributed by atoms with van der Waals surface area (Å²) in [5.41, 5.74) is 0.357. The Labute approximate surface area is 198 Å². The van der Waals surface area contributed by atoms with Gasteiger partial charge in [0.15, 0.2) is 0 Å². The molecular weight excluding hydrogens is 464 g/mol. The first kappa shape index (κ1) is 26.6. The van der Waals surface area contributed by atoms with Crippen molar-refractivity contribution in [3.63, 3.8) is 0 Å². The van der Waals surface area contributed by atoms with E-state index >= 15 is 0 Å². The molecule has 0 aromatic heterocycles. The highest BCUT2D eigenvalue weighted by atomic mass is 32.2. The van der Waals surface area contributed by atoms with Crippen molar-refractivity contribution in [3.05, 3.63) is 64.2 Å². The van der Waals surface area contributed by atoms with Crippen LogP contribution in [0.5, 0.6) is 5.75 Å². The molecule has 1 N–H and O–H groups in total. The third-order valence-corrected chi connectivity index (χ3v) is 6.18. The zero-order chi connectivity index (χ0) is 25.5. The first-order chi connectivity index (χ1) is 16.0. The minimum atomic E-state index is -3.98. The number of methoxy groups -OCH3 is 1. The third-order valence-electron chi connectivity index (χ3n) is 5.04. The number of rotatable bonds is 11. The van der Waals surface area contributed by atoms with Gasteiger partial charge in [-0.2, -0.15) is 0 Å². The maximum Gasteiger partial charge on any atom is 0.271 e. The molecule has 12 heteroatoms. The molecule has 0 bridgehead atoms. The Kier molecular flexibility index (Phi) is 8.96. The standard InChI is InChI=1S/C22H28N4O7S/c1-5-23-22(28)16(2)24(14-17-9-11-20(33-3)12-10-17)21(27)15-25(34(4,31)32)18-7-6-8-19(13-18)26(29)30/h6-13,16H,5,14-15H2,1-4H3,(H,23,28)/t16-/m1/s1. The van der Waals surface area contributed by atoms with Crippen LogP contribution < -0.4 is 14.4 Å². The minimum Gasteiger partial charge on any atom is -0.497 e. The van der Waals surface area contributed by atoms with Gasteiger partial charge in [-0.25, -0.2) is 8.42 Å². The highest BCUT2D eigenvalue weighted by Gasteiger charge is 2.30. The molecule has 184 valence electrons. The fourth-order valence-corrected chi connectivity index (χ4v) is 4.05. The van der Waals surface area contributed by atoms with Crippen LogP contribution in [0.3, 0.4) is 0 Å². The Hall–Kier alpha value is -3.67. The number of carbonyl (C=O) groups is 2. The molecule has 1 atom stereocenters. The molecule has 0 aliphatic carbocycles. The maximum atomic E-state index is 13.4. The number of likely N-dealkylation sites (N-methyl/N-ethyl adjacent to an activating group) is 1. The minimum absolute atomic E-state index is 0.0277. The molecular formula is C22H28N4O7S. The Bertz CT molecular complexity index is 1140. The van der Waals surface area contributed by atoms with Gasteiger partial charge < -0.3 is 15.0 Å². The van der Waals surface area contributed by atoms with Gasteiger partial charge in [-0.1, -0.05) is 18.2 Å². The number of non-ortho nitro benzene ring substituents is 1. The molecule has 0 spiro atoms. The Morgan fingerprint density at radius 2 is 1.82 bits per heavy atom. The summed E-state index contributed by atoms with van der Waals surface area (Å²) in [6.45, 7) is 3.04. The predicted molar refractivity (Wildman–Crippen MR) is 127 cm³/mol. The summed E-state index contributed by atoms with van der Waals surface area (Å²) in [6, 6.07) is 11.0. The number of nitro groups is 1. The lowest BCUT2D eigenvalue weighted by Gasteiger charge is -2.31. The zero-order valence-corrected chi connectivity index (χ0v) is 20.2. The molecule has 2 aromatic rings. The van der Waals surface area contributed by atoms with Crippen molar-refractivity contribution in [2.45, 2.75) is 26.4 Å². The highest BCUT2D eigenvalue weighted by molar-refractivity contribution is 7.92. The van der Waals surface area contributed by atoms with Gasteiger partial charge in [-0.3, -0.25) is 24.0 Å². The molecule has 0 saturated heterocycles. The van der Waals surface area contributed by atoms with E-state index in [1.165, 1.54) is 30.2 Å². The van der Waals surface area contributed by atoms with Crippen molar-refractivity contribution in [2.75, 3.05) is 30.8 Å². The topological polar surface area (TPSA) is 139 Å². The Morgan fingerprint density at radius 3 is 2.35 bits per heavy atom. The number of ether oxygens (including phenoxy) is 1. The molecule has 0 unspecified atom stereocenters. The van der Waals surface area contributed by atoms with E-state index in [0.717, 1.165) is 16.6 Å². The first-order valence-corrected chi connectivity index (χ1v) is 12.2. The lowest BCUT2D eigenvalue weighted by Crippen LogP contribution is -2.51. The van der Waals surface area contributed by atoms with Crippen molar-refractivity contribution in [1.29, 1.82) is 0 Å². The molecule has 0 fully saturated rings. The smallest absolute Gasteiger partial charge is 0.271 e. The molecule has 0 saturated carbocycles. The van der Waals surface area contributed by atoms with E-state index < -0.39 is 39.3 Å². The third kappa shape index (κ3) is 6.91. The van der Waals surface area contributed by atoms with Crippen molar-refractivity contribution in [2.24, 2.45) is 0 Å². The summed E-state index contributed by atoms with van der Waals surface area (Å²) >= 11 is 0. The Balaban J connectivity index is 2.41. The number of sulfonamides is 1. The van der Waals surface area contributed by atoms with Gasteiger partial charge in [-0.15, -0.1) is 0 Å². The largest absolute Gasteiger partial charge is 0.497 e. The van der Waals surface area contributed by atoms with Crippen LogP contribution in [-0.2, 0) is 26.2 Å². The quantitative estimate of drug-likeness (QED) is 0.373. The number of anilines is 1. The van der Waals surface area contributed by atoms with Crippen LogP contribution in [-0.4, -0.2) is 62.6 Å². The number of hydrogen-bond donors (Lipinski definition) is 1. The number of carbonyl (C=O) groups excluding carboxylic acids is 2. The van der Waals surface area contributed by atoms with E-state index in [4.69, 9.17) is 4.74 Å². The summed E-state index contributed by atoms with van der Waals surface area (Å²) in [7, 11) is -2.46. The molecule has 34 heavy (non-hydrogen) atoms. The normalized spacial score (nSPS) is 11.9. The summed E-state index contributed by atoms with van der Waals surface area (Å²) in [6.07, 6.45) is 0.903. The molecule has 0 heterocycles. The van der Waals surface area contributed by atoms with Gasteiger partial charge in [0.25, 0.3) is 5.69 Å². The SMILES string of the molecule is CCNC(=O)[C@@H](C)N(Cc1ccc(OC)cc1)C(=O)CN(c1cccc([N+](=O)[O-])c1)S(C)(=O)=O. The Morgan fingerprint density at radius 1 is 1.18 bits per heavy atom. The first-order valence-electron chi connectivity index (χ1n) is 10.4. The van der Waals surface area contributed by atoms with E-state index in [-0.39, 0.29) is 17.9 Å². The van der Waals surface area contributed by atoms with Gasteiger partial charge in [0, 0.05) is 25.2 Å². The molecule has 0 aliphatic heterocycles. The van der Waals surface area contributed by atoms with Crippen molar-refractivity contribution >= 4 is 33.2 Å². The van der Waals surface area contributed by atoms with Gasteiger partial charge in [0.1, 0.15) is 18.3 Å². The van der Waals surface area contributed by atoms with Gasteiger partial charge >= 0.3 is 0 Å². The summed E-state index contributed by atoms with van der Waals surface area (Å²) < 4.78 is 30.9. The van der Waals surface area contributed by atoms with Crippen molar-refractivity contribution in [1.82, 2.24) is 10.2 Å². The van der Waals surface area contributed by atoms with E-state index in [2.05, 4.69) is 5.32 Å². The highest BCUT2D eigenvalue weighted by Crippen LogP contribution is 2.24. The summed E-state index contributed by atoms with van der Waals surface area (Å²) in [5.74, 6) is -0.426. The number of nitrogens with zero attached hydrogens (tertiary/aromatic N) is 3. The molecule has 0 radical (unpaired) electrons. The molecule has 2 rings (SSSR count). The second kappa shape index (κ2) is 11.5. The molecule has 0 aliphatic rings. The number of benzene rings is 2. The maximum absolute atomic E-state index is 13.4. The van der Waals surface area contributed by atoms with Crippen molar-refractivity contribution < 1.29 is 27.7 Å². The monoisotopic (exact) mass is 492 g/mol. The van der Waals surface area contributed by atoms with Gasteiger partial charge in [0.05, 0.1) is 24.0 Å². The van der Waals surface area contributed by atoms with E-state index in [1.807, 2.05) is 0 Å². The number of nitro benzene ring substituents is 1. The molecule has 11 nitrogen and oxygen atoms in total. The van der Waals surface area contributed by atoms with Gasteiger partial charge in [0.2, 0.25) is 21.8 Å². The summed E-state index contributed by atoms with van der Waals surface area (Å²) in [5, 5.41) is 13.8. The van der Waals surface area contributed by atoms with E-state index in [9.17, 15) is 28.1 Å². The van der Waals surface area contributed by atoms with E-state index in [0.29, 0.717) is 17.9 Å². The van der Waals surface area contributed by atoms with Crippen LogP contribution in [0.4, 0.5) is 11.4 Å². The number of amides is 2. The fourth-order valence-electron chi connectivity index (χ4n) is 3.21. The predicted octanol–water partition coefficient (Wildman–Crippen LogP) is 1.92. The van der Waals surface area contributed by atoms with Crippen molar-refractivity contribution in [3.8, 4) is 5.75 Å². The fraction of sp³-hybridized carbons (Fsp3) is 0.364. The van der Waals surface area contributed by atoms with Crippen LogP contribution in [0.25, 0.3) is 0 Å².